The minimum absolute atomic E-state index is 0.154. The van der Waals surface area contributed by atoms with E-state index in [0.29, 0.717) is 5.75 Å². The number of Topliss-reactive ketones (excluding diaryl/α,β-unsaturated/α-hetero) is 1. The summed E-state index contributed by atoms with van der Waals surface area (Å²) < 4.78 is 5.13. The van der Waals surface area contributed by atoms with Gasteiger partial charge in [-0.25, -0.2) is 0 Å². The van der Waals surface area contributed by atoms with Gasteiger partial charge in [-0.15, -0.1) is 11.8 Å². The molecule has 0 saturated heterocycles. The number of esters is 1. The van der Waals surface area contributed by atoms with Crippen molar-refractivity contribution in [3.63, 3.8) is 0 Å². The number of hydrogen-bond acceptors (Lipinski definition) is 4. The smallest absolute Gasteiger partial charge is 0.316 e. The molecule has 0 heterocycles. The fourth-order valence-electron chi connectivity index (χ4n) is 0.815. The minimum atomic E-state index is -0.453. The van der Waals surface area contributed by atoms with Gasteiger partial charge in [-0.05, 0) is 20.8 Å². The van der Waals surface area contributed by atoms with E-state index in [0.717, 1.165) is 0 Å². The Bertz CT molecular complexity index is 258. The molecule has 0 fully saturated rings. The highest BCUT2D eigenvalue weighted by molar-refractivity contribution is 8.00. The predicted molar refractivity (Wildman–Crippen MR) is 67.6 cm³/mol. The van der Waals surface area contributed by atoms with Crippen LogP contribution in [0.5, 0.6) is 0 Å². The van der Waals surface area contributed by atoms with Crippen LogP contribution < -0.4 is 0 Å². The summed E-state index contributed by atoms with van der Waals surface area (Å²) in [5.41, 5.74) is -0.785. The van der Waals surface area contributed by atoms with E-state index >= 15 is 0 Å². The topological polar surface area (TPSA) is 43.4 Å². The van der Waals surface area contributed by atoms with Crippen molar-refractivity contribution >= 4 is 23.5 Å². The average molecular weight is 246 g/mol. The third-order valence-electron chi connectivity index (χ3n) is 1.71. The van der Waals surface area contributed by atoms with E-state index in [1.54, 1.807) is 0 Å². The molecule has 0 spiro atoms. The molecule has 4 heteroatoms. The second kappa shape index (κ2) is 5.71. The number of ether oxygens (including phenoxy) is 1. The van der Waals surface area contributed by atoms with Crippen molar-refractivity contribution in [2.75, 3.05) is 11.5 Å². The van der Waals surface area contributed by atoms with Gasteiger partial charge in [0, 0.05) is 5.41 Å². The van der Waals surface area contributed by atoms with Crippen LogP contribution in [-0.2, 0) is 14.3 Å². The maximum Gasteiger partial charge on any atom is 0.316 e. The highest BCUT2D eigenvalue weighted by Gasteiger charge is 2.22. The molecule has 94 valence electrons. The van der Waals surface area contributed by atoms with Gasteiger partial charge in [-0.3, -0.25) is 9.59 Å². The van der Waals surface area contributed by atoms with E-state index in [2.05, 4.69) is 0 Å². The normalized spacial score (nSPS) is 12.4. The van der Waals surface area contributed by atoms with Gasteiger partial charge in [-0.1, -0.05) is 20.8 Å². The van der Waals surface area contributed by atoms with Crippen molar-refractivity contribution in [2.24, 2.45) is 5.41 Å². The molecule has 3 nitrogen and oxygen atoms in total. The van der Waals surface area contributed by atoms with Crippen molar-refractivity contribution < 1.29 is 14.3 Å². The largest absolute Gasteiger partial charge is 0.459 e. The number of ketones is 1. The van der Waals surface area contributed by atoms with E-state index in [-0.39, 0.29) is 22.9 Å². The molecule has 0 aromatic carbocycles. The molecule has 0 atom stereocenters. The summed E-state index contributed by atoms with van der Waals surface area (Å²) in [5, 5.41) is 0. The van der Waals surface area contributed by atoms with Gasteiger partial charge in [-0.2, -0.15) is 0 Å². The molecule has 0 aromatic rings. The Morgan fingerprint density at radius 2 is 1.50 bits per heavy atom. The molecule has 0 aromatic heterocycles. The summed E-state index contributed by atoms with van der Waals surface area (Å²) in [6.45, 7) is 11.1. The number of hydrogen-bond donors (Lipinski definition) is 0. The molecule has 0 unspecified atom stereocenters. The molecule has 0 aliphatic rings. The standard InChI is InChI=1S/C12H22O3S/c1-11(2,3)9(13)7-16-8-10(14)15-12(4,5)6/h7-8H2,1-6H3. The lowest BCUT2D eigenvalue weighted by molar-refractivity contribution is -0.151. The zero-order valence-corrected chi connectivity index (χ0v) is 11.9. The molecule has 0 amide bonds. The Hall–Kier alpha value is -0.510. The Morgan fingerprint density at radius 1 is 1.00 bits per heavy atom. The van der Waals surface area contributed by atoms with Crippen molar-refractivity contribution in [2.45, 2.75) is 47.1 Å². The predicted octanol–water partition coefficient (Wildman–Crippen LogP) is 2.68. The van der Waals surface area contributed by atoms with Crippen LogP contribution in [0.2, 0.25) is 0 Å². The van der Waals surface area contributed by atoms with Gasteiger partial charge in [0.1, 0.15) is 11.4 Å². The molecule has 0 radical (unpaired) electrons. The number of carbonyl (C=O) groups excluding carboxylic acids is 2. The van der Waals surface area contributed by atoms with E-state index in [1.165, 1.54) is 11.8 Å². The summed E-state index contributed by atoms with van der Waals surface area (Å²) in [7, 11) is 0. The Labute approximate surface area is 102 Å². The minimum Gasteiger partial charge on any atom is -0.459 e. The Morgan fingerprint density at radius 3 is 1.88 bits per heavy atom. The number of carbonyl (C=O) groups is 2. The zero-order valence-electron chi connectivity index (χ0n) is 11.0. The van der Waals surface area contributed by atoms with Crippen LogP contribution in [0, 0.1) is 5.41 Å². The first kappa shape index (κ1) is 15.5. The average Bonchev–Trinajstić information content (AvgIpc) is 1.98. The van der Waals surface area contributed by atoms with Crippen LogP contribution in [0.4, 0.5) is 0 Å². The van der Waals surface area contributed by atoms with Gasteiger partial charge in [0.05, 0.1) is 11.5 Å². The van der Waals surface area contributed by atoms with Crippen molar-refractivity contribution in [1.29, 1.82) is 0 Å². The van der Waals surface area contributed by atoms with Crippen LogP contribution in [0.15, 0.2) is 0 Å². The highest BCUT2D eigenvalue weighted by Crippen LogP contribution is 2.18. The third kappa shape index (κ3) is 7.74. The van der Waals surface area contributed by atoms with Crippen LogP contribution in [-0.4, -0.2) is 28.9 Å². The molecule has 0 aliphatic heterocycles. The quantitative estimate of drug-likeness (QED) is 0.715. The lowest BCUT2D eigenvalue weighted by Crippen LogP contribution is -2.26. The van der Waals surface area contributed by atoms with Gasteiger partial charge in [0.2, 0.25) is 0 Å². The molecular weight excluding hydrogens is 224 g/mol. The van der Waals surface area contributed by atoms with Crippen LogP contribution in [0.3, 0.4) is 0 Å². The van der Waals surface area contributed by atoms with E-state index in [1.807, 2.05) is 41.5 Å². The maximum absolute atomic E-state index is 11.6. The highest BCUT2D eigenvalue weighted by atomic mass is 32.2. The van der Waals surface area contributed by atoms with E-state index < -0.39 is 5.60 Å². The van der Waals surface area contributed by atoms with Crippen LogP contribution in [0.25, 0.3) is 0 Å². The fourth-order valence-corrected chi connectivity index (χ4v) is 1.76. The molecular formula is C12H22O3S. The molecule has 0 aliphatic carbocycles. The zero-order chi connectivity index (χ0) is 13.0. The number of thioether (sulfide) groups is 1. The van der Waals surface area contributed by atoms with Gasteiger partial charge in [0.25, 0.3) is 0 Å². The molecule has 0 bridgehead atoms. The van der Waals surface area contributed by atoms with E-state index in [4.69, 9.17) is 4.74 Å². The summed E-state index contributed by atoms with van der Waals surface area (Å²) in [6, 6.07) is 0. The second-order valence-electron chi connectivity index (χ2n) is 5.75. The van der Waals surface area contributed by atoms with Crippen molar-refractivity contribution in [1.82, 2.24) is 0 Å². The van der Waals surface area contributed by atoms with Crippen molar-refractivity contribution in [3.8, 4) is 0 Å². The SMILES string of the molecule is CC(C)(C)OC(=O)CSCC(=O)C(C)(C)C. The van der Waals surface area contributed by atoms with Crippen LogP contribution >= 0.6 is 11.8 Å². The summed E-state index contributed by atoms with van der Waals surface area (Å²) in [5.74, 6) is 0.488. The Kier molecular flexibility index (Phi) is 5.53. The molecule has 0 rings (SSSR count). The Balaban J connectivity index is 3.84. The first-order valence-electron chi connectivity index (χ1n) is 5.35. The lowest BCUT2D eigenvalue weighted by Gasteiger charge is -2.19. The van der Waals surface area contributed by atoms with Gasteiger partial charge < -0.3 is 4.74 Å². The van der Waals surface area contributed by atoms with Gasteiger partial charge in [0.15, 0.2) is 0 Å². The monoisotopic (exact) mass is 246 g/mol. The van der Waals surface area contributed by atoms with E-state index in [9.17, 15) is 9.59 Å². The summed E-state index contributed by atoms with van der Waals surface area (Å²) in [4.78, 5) is 22.9. The van der Waals surface area contributed by atoms with Crippen LogP contribution in [0.1, 0.15) is 41.5 Å². The molecule has 0 N–H and O–H groups in total. The number of rotatable bonds is 4. The third-order valence-corrected chi connectivity index (χ3v) is 2.62. The lowest BCUT2D eigenvalue weighted by atomic mass is 9.92. The second-order valence-corrected chi connectivity index (χ2v) is 6.74. The first-order chi connectivity index (χ1) is 7.02. The molecule has 0 saturated carbocycles. The first-order valence-corrected chi connectivity index (χ1v) is 6.51. The summed E-state index contributed by atoms with van der Waals surface area (Å²) >= 11 is 1.31. The maximum atomic E-state index is 11.6. The van der Waals surface area contributed by atoms with Gasteiger partial charge >= 0.3 is 5.97 Å². The summed E-state index contributed by atoms with van der Waals surface area (Å²) in [6.07, 6.45) is 0. The molecule has 16 heavy (non-hydrogen) atoms. The fraction of sp³-hybridized carbons (Fsp3) is 0.833. The van der Waals surface area contributed by atoms with Crippen molar-refractivity contribution in [3.05, 3.63) is 0 Å².